The van der Waals surface area contributed by atoms with E-state index < -0.39 is 0 Å². The minimum atomic E-state index is -0.191. The molecule has 0 aliphatic rings. The molecule has 0 aliphatic heterocycles. The fourth-order valence-electron chi connectivity index (χ4n) is 3.36. The van der Waals surface area contributed by atoms with Crippen molar-refractivity contribution in [1.82, 2.24) is 14.7 Å². The quantitative estimate of drug-likeness (QED) is 0.627. The zero-order chi connectivity index (χ0) is 21.0. The van der Waals surface area contributed by atoms with Crippen molar-refractivity contribution in [3.05, 3.63) is 59.5 Å². The van der Waals surface area contributed by atoms with Crippen LogP contribution in [-0.4, -0.2) is 36.1 Å². The normalized spacial score (nSPS) is 12.2. The van der Waals surface area contributed by atoms with Gasteiger partial charge in [-0.3, -0.25) is 4.79 Å². The second kappa shape index (κ2) is 8.99. The standard InChI is InChI=1S/C23H29N3O3/c1-15(2)13-25-23(27)12-20(17-9-18(28-4)11-19(10-17)29-5)21-14-24-22-8-16(3)6-7-26(21)22/h6-11,14-15,20H,12-13H2,1-5H3,(H,25,27). The number of fused-ring (bicyclic) bond motifs is 1. The van der Waals surface area contributed by atoms with Gasteiger partial charge in [0, 0.05) is 37.3 Å². The number of amides is 1. The maximum Gasteiger partial charge on any atom is 0.221 e. The number of nitrogens with zero attached hydrogens (tertiary/aromatic N) is 2. The number of pyridine rings is 1. The number of hydrogen-bond donors (Lipinski definition) is 1. The highest BCUT2D eigenvalue weighted by molar-refractivity contribution is 5.77. The fourth-order valence-corrected chi connectivity index (χ4v) is 3.36. The molecule has 29 heavy (non-hydrogen) atoms. The summed E-state index contributed by atoms with van der Waals surface area (Å²) in [5, 5.41) is 3.03. The summed E-state index contributed by atoms with van der Waals surface area (Å²) in [4.78, 5) is 17.3. The molecule has 154 valence electrons. The van der Waals surface area contributed by atoms with E-state index in [1.165, 1.54) is 0 Å². The minimum Gasteiger partial charge on any atom is -0.497 e. The number of ether oxygens (including phenoxy) is 2. The Morgan fingerprint density at radius 3 is 2.45 bits per heavy atom. The van der Waals surface area contributed by atoms with E-state index in [1.54, 1.807) is 14.2 Å². The molecule has 2 aromatic heterocycles. The van der Waals surface area contributed by atoms with E-state index in [4.69, 9.17) is 9.47 Å². The highest BCUT2D eigenvalue weighted by Gasteiger charge is 2.23. The molecule has 0 radical (unpaired) electrons. The Bertz CT molecular complexity index is 972. The molecule has 1 aromatic carbocycles. The van der Waals surface area contributed by atoms with Gasteiger partial charge in [0.1, 0.15) is 17.1 Å². The summed E-state index contributed by atoms with van der Waals surface area (Å²) >= 11 is 0. The predicted octanol–water partition coefficient (Wildman–Crippen LogP) is 3.95. The van der Waals surface area contributed by atoms with Gasteiger partial charge in [-0.1, -0.05) is 13.8 Å². The zero-order valence-corrected chi connectivity index (χ0v) is 17.7. The average Bonchev–Trinajstić information content (AvgIpc) is 3.12. The van der Waals surface area contributed by atoms with Gasteiger partial charge in [0.05, 0.1) is 19.9 Å². The summed E-state index contributed by atoms with van der Waals surface area (Å²) in [5.41, 5.74) is 3.91. The van der Waals surface area contributed by atoms with Crippen molar-refractivity contribution < 1.29 is 14.3 Å². The molecule has 2 heterocycles. The molecular formula is C23H29N3O3. The van der Waals surface area contributed by atoms with Crippen LogP contribution in [0.2, 0.25) is 0 Å². The number of benzene rings is 1. The number of imidazole rings is 1. The summed E-state index contributed by atoms with van der Waals surface area (Å²) in [6, 6.07) is 9.82. The van der Waals surface area contributed by atoms with E-state index in [-0.39, 0.29) is 11.8 Å². The van der Waals surface area contributed by atoms with E-state index in [0.29, 0.717) is 30.4 Å². The maximum atomic E-state index is 12.7. The molecule has 0 fully saturated rings. The Morgan fingerprint density at radius 1 is 1.14 bits per heavy atom. The molecule has 6 nitrogen and oxygen atoms in total. The van der Waals surface area contributed by atoms with E-state index in [0.717, 1.165) is 22.5 Å². The molecule has 1 unspecified atom stereocenters. The largest absolute Gasteiger partial charge is 0.497 e. The van der Waals surface area contributed by atoms with Gasteiger partial charge in [0.2, 0.25) is 5.91 Å². The first-order valence-corrected chi connectivity index (χ1v) is 9.84. The second-order valence-electron chi connectivity index (χ2n) is 7.72. The summed E-state index contributed by atoms with van der Waals surface area (Å²) in [6.07, 6.45) is 4.16. The SMILES string of the molecule is COc1cc(OC)cc(C(CC(=O)NCC(C)C)c2cnc3cc(C)ccn23)c1. The van der Waals surface area contributed by atoms with Crippen LogP contribution in [0.5, 0.6) is 11.5 Å². The lowest BCUT2D eigenvalue weighted by Crippen LogP contribution is -2.29. The van der Waals surface area contributed by atoms with Crippen LogP contribution in [0.3, 0.4) is 0 Å². The van der Waals surface area contributed by atoms with Gasteiger partial charge < -0.3 is 19.2 Å². The molecule has 3 rings (SSSR count). The van der Waals surface area contributed by atoms with Crippen LogP contribution in [0, 0.1) is 12.8 Å². The third-order valence-corrected chi connectivity index (χ3v) is 4.93. The van der Waals surface area contributed by atoms with Crippen molar-refractivity contribution in [3.63, 3.8) is 0 Å². The summed E-state index contributed by atoms with van der Waals surface area (Å²) < 4.78 is 12.9. The molecular weight excluding hydrogens is 366 g/mol. The van der Waals surface area contributed by atoms with Crippen LogP contribution in [-0.2, 0) is 4.79 Å². The Hall–Kier alpha value is -3.02. The van der Waals surface area contributed by atoms with Gasteiger partial charge in [-0.15, -0.1) is 0 Å². The number of methoxy groups -OCH3 is 2. The second-order valence-corrected chi connectivity index (χ2v) is 7.72. The van der Waals surface area contributed by atoms with Crippen molar-refractivity contribution in [1.29, 1.82) is 0 Å². The first kappa shape index (κ1) is 20.7. The summed E-state index contributed by atoms with van der Waals surface area (Å²) in [7, 11) is 3.25. The molecule has 1 atom stereocenters. The molecule has 0 bridgehead atoms. The van der Waals surface area contributed by atoms with Crippen LogP contribution in [0.15, 0.2) is 42.7 Å². The Kier molecular flexibility index (Phi) is 6.42. The molecule has 0 spiro atoms. The number of aryl methyl sites for hydroxylation is 1. The number of carbonyl (C=O) groups excluding carboxylic acids is 1. The van der Waals surface area contributed by atoms with E-state index in [1.807, 2.05) is 54.0 Å². The van der Waals surface area contributed by atoms with Gasteiger partial charge in [-0.25, -0.2) is 4.98 Å². The van der Waals surface area contributed by atoms with E-state index >= 15 is 0 Å². The molecule has 0 saturated carbocycles. The van der Waals surface area contributed by atoms with Crippen molar-refractivity contribution in [2.75, 3.05) is 20.8 Å². The number of nitrogens with one attached hydrogen (secondary N) is 1. The van der Waals surface area contributed by atoms with Crippen molar-refractivity contribution in [2.45, 2.75) is 33.1 Å². The van der Waals surface area contributed by atoms with Crippen LogP contribution in [0.25, 0.3) is 5.65 Å². The molecule has 1 amide bonds. The number of aromatic nitrogens is 2. The molecule has 0 saturated heterocycles. The summed E-state index contributed by atoms with van der Waals surface area (Å²) in [5.74, 6) is 1.60. The topological polar surface area (TPSA) is 64.9 Å². The third kappa shape index (κ3) is 4.88. The highest BCUT2D eigenvalue weighted by atomic mass is 16.5. The van der Waals surface area contributed by atoms with Gasteiger partial charge in [0.15, 0.2) is 0 Å². The van der Waals surface area contributed by atoms with E-state index in [2.05, 4.69) is 24.1 Å². The highest BCUT2D eigenvalue weighted by Crippen LogP contribution is 2.34. The van der Waals surface area contributed by atoms with Crippen molar-refractivity contribution in [3.8, 4) is 11.5 Å². The Morgan fingerprint density at radius 2 is 1.83 bits per heavy atom. The van der Waals surface area contributed by atoms with Crippen molar-refractivity contribution in [2.24, 2.45) is 5.92 Å². The monoisotopic (exact) mass is 395 g/mol. The Labute approximate surface area is 171 Å². The van der Waals surface area contributed by atoms with Gasteiger partial charge in [-0.2, -0.15) is 0 Å². The first-order valence-electron chi connectivity index (χ1n) is 9.84. The minimum absolute atomic E-state index is 0.00699. The summed E-state index contributed by atoms with van der Waals surface area (Å²) in [6.45, 7) is 6.85. The lowest BCUT2D eigenvalue weighted by atomic mass is 9.91. The molecule has 6 heteroatoms. The maximum absolute atomic E-state index is 12.7. The van der Waals surface area contributed by atoms with Crippen LogP contribution < -0.4 is 14.8 Å². The van der Waals surface area contributed by atoms with Gasteiger partial charge >= 0.3 is 0 Å². The van der Waals surface area contributed by atoms with Crippen LogP contribution >= 0.6 is 0 Å². The average molecular weight is 396 g/mol. The molecule has 1 N–H and O–H groups in total. The lowest BCUT2D eigenvalue weighted by Gasteiger charge is -2.19. The van der Waals surface area contributed by atoms with Gasteiger partial charge in [0.25, 0.3) is 0 Å². The lowest BCUT2D eigenvalue weighted by molar-refractivity contribution is -0.121. The van der Waals surface area contributed by atoms with Crippen LogP contribution in [0.4, 0.5) is 0 Å². The predicted molar refractivity (Wildman–Crippen MR) is 114 cm³/mol. The molecule has 0 aliphatic carbocycles. The zero-order valence-electron chi connectivity index (χ0n) is 17.7. The van der Waals surface area contributed by atoms with Gasteiger partial charge in [-0.05, 0) is 48.2 Å². The number of hydrogen-bond acceptors (Lipinski definition) is 4. The number of carbonyl (C=O) groups is 1. The van der Waals surface area contributed by atoms with E-state index in [9.17, 15) is 4.79 Å². The number of rotatable bonds is 8. The smallest absolute Gasteiger partial charge is 0.221 e. The van der Waals surface area contributed by atoms with Crippen LogP contribution in [0.1, 0.15) is 43.0 Å². The van der Waals surface area contributed by atoms with Crippen molar-refractivity contribution >= 4 is 11.6 Å². The first-order chi connectivity index (χ1) is 13.9. The third-order valence-electron chi connectivity index (χ3n) is 4.93. The Balaban J connectivity index is 2.05. The molecule has 3 aromatic rings. The fraction of sp³-hybridized carbons (Fsp3) is 0.391.